The van der Waals surface area contributed by atoms with Crippen molar-refractivity contribution in [3.05, 3.63) is 88.9 Å². The van der Waals surface area contributed by atoms with Gasteiger partial charge in [-0.1, -0.05) is 18.2 Å². The van der Waals surface area contributed by atoms with Gasteiger partial charge in [0.05, 0.1) is 0 Å². The molecule has 1 aliphatic heterocycles. The molecule has 0 fully saturated rings. The third-order valence-electron chi connectivity index (χ3n) is 4.85. The second kappa shape index (κ2) is 6.93. The van der Waals surface area contributed by atoms with Gasteiger partial charge in [0.2, 0.25) is 0 Å². The molecule has 2 aromatic rings. The molecule has 0 saturated carbocycles. The van der Waals surface area contributed by atoms with Crippen LogP contribution < -0.4 is 5.32 Å². The Hall–Kier alpha value is -2.88. The Morgan fingerprint density at radius 3 is 2.72 bits per heavy atom. The zero-order chi connectivity index (χ0) is 17.1. The van der Waals surface area contributed by atoms with Crippen molar-refractivity contribution in [3.63, 3.8) is 0 Å². The van der Waals surface area contributed by atoms with Crippen LogP contribution in [0.4, 0.5) is 0 Å². The Morgan fingerprint density at radius 2 is 2.00 bits per heavy atom. The van der Waals surface area contributed by atoms with Crippen molar-refractivity contribution in [3.8, 4) is 0 Å². The first-order chi connectivity index (χ1) is 12.3. The highest BCUT2D eigenvalue weighted by atomic mass is 16.1. The molecule has 4 heteroatoms. The Morgan fingerprint density at radius 1 is 1.16 bits per heavy atom. The summed E-state index contributed by atoms with van der Waals surface area (Å²) in [5.74, 6) is -0.0302. The van der Waals surface area contributed by atoms with Crippen LogP contribution in [0.25, 0.3) is 0 Å². The number of hydrogen-bond donors (Lipinski definition) is 1. The first kappa shape index (κ1) is 15.6. The van der Waals surface area contributed by atoms with Crippen LogP contribution in [0.15, 0.2) is 66.7 Å². The van der Waals surface area contributed by atoms with E-state index >= 15 is 0 Å². The van der Waals surface area contributed by atoms with Gasteiger partial charge in [-0.2, -0.15) is 0 Å². The summed E-state index contributed by atoms with van der Waals surface area (Å²) >= 11 is 0. The lowest BCUT2D eigenvalue weighted by Gasteiger charge is -2.26. The van der Waals surface area contributed by atoms with E-state index in [1.165, 1.54) is 16.8 Å². The van der Waals surface area contributed by atoms with Crippen LogP contribution in [-0.2, 0) is 19.4 Å². The summed E-state index contributed by atoms with van der Waals surface area (Å²) in [4.78, 5) is 18.9. The van der Waals surface area contributed by atoms with Crippen LogP contribution in [-0.4, -0.2) is 28.9 Å². The minimum atomic E-state index is -0.0302. The first-order valence-corrected chi connectivity index (χ1v) is 8.72. The number of rotatable bonds is 4. The summed E-state index contributed by atoms with van der Waals surface area (Å²) < 4.78 is 0. The number of carbonyl (C=O) groups excluding carboxylic acids is 1. The van der Waals surface area contributed by atoms with E-state index in [4.69, 9.17) is 0 Å². The SMILES string of the molecule is O=C(NCc1cccnc1)c1ccc2c(c1)CCN(C1=CC=C1)CC2. The van der Waals surface area contributed by atoms with E-state index in [0.717, 1.165) is 37.1 Å². The lowest BCUT2D eigenvalue weighted by Crippen LogP contribution is -2.26. The number of benzene rings is 1. The van der Waals surface area contributed by atoms with Gasteiger partial charge in [0.15, 0.2) is 0 Å². The number of nitrogens with one attached hydrogen (secondary N) is 1. The van der Waals surface area contributed by atoms with Crippen molar-refractivity contribution in [2.45, 2.75) is 19.4 Å². The van der Waals surface area contributed by atoms with E-state index < -0.39 is 0 Å². The number of pyridine rings is 1. The van der Waals surface area contributed by atoms with Gasteiger partial charge in [-0.25, -0.2) is 0 Å². The zero-order valence-electron chi connectivity index (χ0n) is 14.1. The average molecular weight is 331 g/mol. The van der Waals surface area contributed by atoms with Gasteiger partial charge in [0, 0.05) is 43.3 Å². The number of allylic oxidation sites excluding steroid dienone is 3. The Balaban J connectivity index is 1.42. The molecule has 1 N–H and O–H groups in total. The Labute approximate surface area is 147 Å². The maximum Gasteiger partial charge on any atom is 0.251 e. The van der Waals surface area contributed by atoms with Gasteiger partial charge in [0.1, 0.15) is 0 Å². The topological polar surface area (TPSA) is 45.2 Å². The van der Waals surface area contributed by atoms with Crippen LogP contribution in [0.3, 0.4) is 0 Å². The molecule has 1 amide bonds. The minimum Gasteiger partial charge on any atom is -0.371 e. The molecular weight excluding hydrogens is 310 g/mol. The summed E-state index contributed by atoms with van der Waals surface area (Å²) in [5, 5.41) is 2.98. The van der Waals surface area contributed by atoms with E-state index in [-0.39, 0.29) is 5.91 Å². The third-order valence-corrected chi connectivity index (χ3v) is 4.85. The molecule has 0 saturated heterocycles. The molecule has 2 aliphatic rings. The fourth-order valence-electron chi connectivity index (χ4n) is 3.30. The van der Waals surface area contributed by atoms with Crippen LogP contribution in [0, 0.1) is 0 Å². The van der Waals surface area contributed by atoms with Crippen molar-refractivity contribution < 1.29 is 4.79 Å². The van der Waals surface area contributed by atoms with E-state index in [0.29, 0.717) is 6.54 Å². The summed E-state index contributed by atoms with van der Waals surface area (Å²) in [6, 6.07) is 9.95. The molecule has 4 rings (SSSR count). The largest absolute Gasteiger partial charge is 0.371 e. The van der Waals surface area contributed by atoms with Crippen molar-refractivity contribution in [2.75, 3.05) is 13.1 Å². The zero-order valence-corrected chi connectivity index (χ0v) is 14.1. The van der Waals surface area contributed by atoms with Crippen molar-refractivity contribution >= 4 is 5.91 Å². The van der Waals surface area contributed by atoms with Gasteiger partial charge in [-0.15, -0.1) is 0 Å². The smallest absolute Gasteiger partial charge is 0.251 e. The summed E-state index contributed by atoms with van der Waals surface area (Å²) in [6.07, 6.45) is 11.9. The average Bonchev–Trinajstić information content (AvgIpc) is 2.81. The summed E-state index contributed by atoms with van der Waals surface area (Å²) in [7, 11) is 0. The fourth-order valence-corrected chi connectivity index (χ4v) is 3.30. The van der Waals surface area contributed by atoms with Gasteiger partial charge < -0.3 is 10.2 Å². The quantitative estimate of drug-likeness (QED) is 0.937. The molecule has 1 aromatic heterocycles. The van der Waals surface area contributed by atoms with Gasteiger partial charge >= 0.3 is 0 Å². The molecule has 0 bridgehead atoms. The van der Waals surface area contributed by atoms with E-state index in [9.17, 15) is 4.79 Å². The number of nitrogens with zero attached hydrogens (tertiary/aromatic N) is 2. The second-order valence-corrected chi connectivity index (χ2v) is 6.47. The third kappa shape index (κ3) is 3.48. The molecule has 25 heavy (non-hydrogen) atoms. The van der Waals surface area contributed by atoms with E-state index in [1.54, 1.807) is 12.4 Å². The predicted molar refractivity (Wildman–Crippen MR) is 98.1 cm³/mol. The molecule has 0 atom stereocenters. The molecule has 1 aliphatic carbocycles. The molecule has 4 nitrogen and oxygen atoms in total. The first-order valence-electron chi connectivity index (χ1n) is 8.72. The number of hydrogen-bond acceptors (Lipinski definition) is 3. The second-order valence-electron chi connectivity index (χ2n) is 6.47. The molecule has 0 unspecified atom stereocenters. The maximum atomic E-state index is 12.5. The number of fused-ring (bicyclic) bond motifs is 1. The number of amides is 1. The van der Waals surface area contributed by atoms with Crippen LogP contribution in [0.1, 0.15) is 27.0 Å². The number of aromatic nitrogens is 1. The Bertz CT molecular complexity index is 839. The molecule has 0 spiro atoms. The van der Waals surface area contributed by atoms with Gasteiger partial charge in [0.25, 0.3) is 5.91 Å². The van der Waals surface area contributed by atoms with Crippen molar-refractivity contribution in [2.24, 2.45) is 0 Å². The molecule has 1 aromatic carbocycles. The van der Waals surface area contributed by atoms with Crippen LogP contribution in [0.2, 0.25) is 0 Å². The fraction of sp³-hybridized carbons (Fsp3) is 0.238. The molecule has 2 heterocycles. The summed E-state index contributed by atoms with van der Waals surface area (Å²) in [6.45, 7) is 2.54. The van der Waals surface area contributed by atoms with Crippen LogP contribution >= 0.6 is 0 Å². The maximum absolute atomic E-state index is 12.5. The van der Waals surface area contributed by atoms with Gasteiger partial charge in [-0.3, -0.25) is 9.78 Å². The van der Waals surface area contributed by atoms with E-state index in [2.05, 4.69) is 45.6 Å². The lowest BCUT2D eigenvalue weighted by atomic mass is 10.00. The minimum absolute atomic E-state index is 0.0302. The highest BCUT2D eigenvalue weighted by Gasteiger charge is 2.17. The predicted octanol–water partition coefficient (Wildman–Crippen LogP) is 2.87. The van der Waals surface area contributed by atoms with Crippen LogP contribution in [0.5, 0.6) is 0 Å². The summed E-state index contributed by atoms with van der Waals surface area (Å²) in [5.41, 5.74) is 5.71. The lowest BCUT2D eigenvalue weighted by molar-refractivity contribution is 0.0951. The molecule has 126 valence electrons. The molecule has 0 radical (unpaired) electrons. The Kier molecular flexibility index (Phi) is 4.34. The van der Waals surface area contributed by atoms with Crippen molar-refractivity contribution in [1.29, 1.82) is 0 Å². The highest BCUT2D eigenvalue weighted by molar-refractivity contribution is 5.94. The van der Waals surface area contributed by atoms with E-state index in [1.807, 2.05) is 18.2 Å². The van der Waals surface area contributed by atoms with Gasteiger partial charge in [-0.05, 0) is 59.9 Å². The normalized spacial score (nSPS) is 15.7. The van der Waals surface area contributed by atoms with Crippen molar-refractivity contribution in [1.82, 2.24) is 15.2 Å². The highest BCUT2D eigenvalue weighted by Crippen LogP contribution is 2.22. The standard InChI is InChI=1S/C21H21N3O/c25-21(23-15-16-3-2-10-22-14-16)19-7-6-17-8-11-24(20-4-1-5-20)12-9-18(17)13-19/h1-7,10,13-14H,8-9,11-12,15H2,(H,23,25). The molecular formula is C21H21N3O. The monoisotopic (exact) mass is 331 g/mol. The number of carbonyl (C=O) groups is 1.